The van der Waals surface area contributed by atoms with E-state index in [1.807, 2.05) is 0 Å². The third kappa shape index (κ3) is 2.35. The Morgan fingerprint density at radius 1 is 1.36 bits per heavy atom. The monoisotopic (exact) mass is 284 g/mol. The van der Waals surface area contributed by atoms with Crippen molar-refractivity contribution < 1.29 is 0 Å². The molecular weight excluding hydrogens is 276 g/mol. The lowest BCUT2D eigenvalue weighted by Gasteiger charge is -1.87. The van der Waals surface area contributed by atoms with Crippen LogP contribution in [-0.4, -0.2) is 5.33 Å². The molecule has 3 heteroatoms. The van der Waals surface area contributed by atoms with Gasteiger partial charge in [-0.3, -0.25) is 0 Å². The van der Waals surface area contributed by atoms with Gasteiger partial charge in [-0.2, -0.15) is 0 Å². The minimum absolute atomic E-state index is 0.916. The third-order valence-corrected chi connectivity index (χ3v) is 3.99. The van der Waals surface area contributed by atoms with E-state index in [0.29, 0.717) is 0 Å². The standard InChI is InChI=1S/C11H9BrS2/c12-5-1-3-10-7-9(8-14-10)11-4-2-6-13-11/h1-4,6-8H,5H2/b3-1+. The fraction of sp³-hybridized carbons (Fsp3) is 0.0909. The second-order valence-corrected chi connectivity index (χ2v) is 5.31. The van der Waals surface area contributed by atoms with Crippen LogP contribution in [0.2, 0.25) is 0 Å². The zero-order valence-corrected chi connectivity index (χ0v) is 10.7. The summed E-state index contributed by atoms with van der Waals surface area (Å²) in [6.07, 6.45) is 4.26. The van der Waals surface area contributed by atoms with Gasteiger partial charge in [0, 0.05) is 20.6 Å². The van der Waals surface area contributed by atoms with Gasteiger partial charge in [-0.25, -0.2) is 0 Å². The Morgan fingerprint density at radius 2 is 2.29 bits per heavy atom. The topological polar surface area (TPSA) is 0 Å². The Kier molecular flexibility index (Phi) is 3.56. The molecule has 0 saturated heterocycles. The van der Waals surface area contributed by atoms with Crippen molar-refractivity contribution in [2.75, 3.05) is 5.33 Å². The molecule has 0 bridgehead atoms. The summed E-state index contributed by atoms with van der Waals surface area (Å²) in [5.74, 6) is 0. The van der Waals surface area contributed by atoms with Crippen molar-refractivity contribution in [1.29, 1.82) is 0 Å². The molecule has 2 rings (SSSR count). The van der Waals surface area contributed by atoms with E-state index in [4.69, 9.17) is 0 Å². The van der Waals surface area contributed by atoms with Crippen molar-refractivity contribution in [1.82, 2.24) is 0 Å². The molecule has 2 aromatic rings. The van der Waals surface area contributed by atoms with Crippen LogP contribution in [0.1, 0.15) is 4.88 Å². The first-order valence-electron chi connectivity index (χ1n) is 4.25. The molecule has 0 aliphatic rings. The highest BCUT2D eigenvalue weighted by molar-refractivity contribution is 9.09. The Bertz CT molecular complexity index is 412. The number of hydrogen-bond donors (Lipinski definition) is 0. The molecule has 0 atom stereocenters. The lowest BCUT2D eigenvalue weighted by Crippen LogP contribution is -1.62. The van der Waals surface area contributed by atoms with E-state index in [2.05, 4.69) is 57.0 Å². The smallest absolute Gasteiger partial charge is 0.0351 e. The maximum absolute atomic E-state index is 3.37. The Balaban J connectivity index is 2.22. The molecule has 0 radical (unpaired) electrons. The summed E-state index contributed by atoms with van der Waals surface area (Å²) in [7, 11) is 0. The van der Waals surface area contributed by atoms with E-state index >= 15 is 0 Å². The van der Waals surface area contributed by atoms with Crippen LogP contribution >= 0.6 is 38.6 Å². The van der Waals surface area contributed by atoms with Crippen LogP contribution in [0, 0.1) is 0 Å². The molecular formula is C11H9BrS2. The number of halogens is 1. The SMILES string of the molecule is BrC/C=C/c1cc(-c2cccs2)cs1. The van der Waals surface area contributed by atoms with Gasteiger partial charge in [0.05, 0.1) is 0 Å². The Morgan fingerprint density at radius 3 is 3.00 bits per heavy atom. The van der Waals surface area contributed by atoms with Crippen molar-refractivity contribution in [2.24, 2.45) is 0 Å². The number of alkyl halides is 1. The van der Waals surface area contributed by atoms with Gasteiger partial charge < -0.3 is 0 Å². The Labute approximate surface area is 100 Å². The quantitative estimate of drug-likeness (QED) is 0.705. The van der Waals surface area contributed by atoms with Crippen molar-refractivity contribution in [2.45, 2.75) is 0 Å². The molecule has 0 saturated carbocycles. The maximum atomic E-state index is 3.37. The normalized spacial score (nSPS) is 11.2. The van der Waals surface area contributed by atoms with Crippen LogP contribution < -0.4 is 0 Å². The van der Waals surface area contributed by atoms with Gasteiger partial charge in [-0.05, 0) is 29.0 Å². The highest BCUT2D eigenvalue weighted by Gasteiger charge is 2.00. The van der Waals surface area contributed by atoms with Crippen LogP contribution in [0.5, 0.6) is 0 Å². The molecule has 0 aliphatic carbocycles. The highest BCUT2D eigenvalue weighted by atomic mass is 79.9. The summed E-state index contributed by atoms with van der Waals surface area (Å²) in [5, 5.41) is 5.24. The van der Waals surface area contributed by atoms with E-state index in [0.717, 1.165) is 5.33 Å². The molecule has 0 aromatic carbocycles. The Hall–Kier alpha value is -0.380. The lowest BCUT2D eigenvalue weighted by molar-refractivity contribution is 1.82. The van der Waals surface area contributed by atoms with Crippen LogP contribution in [-0.2, 0) is 0 Å². The highest BCUT2D eigenvalue weighted by Crippen LogP contribution is 2.29. The van der Waals surface area contributed by atoms with E-state index in [9.17, 15) is 0 Å². The minimum Gasteiger partial charge on any atom is -0.144 e. The summed E-state index contributed by atoms with van der Waals surface area (Å²) < 4.78 is 0. The third-order valence-electron chi connectivity index (χ3n) is 1.80. The predicted molar refractivity (Wildman–Crippen MR) is 70.5 cm³/mol. The molecule has 72 valence electrons. The largest absolute Gasteiger partial charge is 0.144 e. The summed E-state index contributed by atoms with van der Waals surface area (Å²) in [4.78, 5) is 2.66. The zero-order valence-electron chi connectivity index (χ0n) is 7.44. The lowest BCUT2D eigenvalue weighted by atomic mass is 10.2. The van der Waals surface area contributed by atoms with Gasteiger partial charge in [0.2, 0.25) is 0 Å². The molecule has 0 amide bonds. The van der Waals surface area contributed by atoms with Gasteiger partial charge >= 0.3 is 0 Å². The zero-order chi connectivity index (χ0) is 9.80. The fourth-order valence-corrected chi connectivity index (χ4v) is 2.98. The van der Waals surface area contributed by atoms with Gasteiger partial charge in [0.15, 0.2) is 0 Å². The van der Waals surface area contributed by atoms with Crippen LogP contribution in [0.25, 0.3) is 16.5 Å². The average molecular weight is 285 g/mol. The van der Waals surface area contributed by atoms with E-state index in [1.165, 1.54) is 15.3 Å². The minimum atomic E-state index is 0.916. The van der Waals surface area contributed by atoms with E-state index < -0.39 is 0 Å². The van der Waals surface area contributed by atoms with Crippen molar-refractivity contribution >= 4 is 44.7 Å². The molecule has 14 heavy (non-hydrogen) atoms. The number of hydrogen-bond acceptors (Lipinski definition) is 2. The van der Waals surface area contributed by atoms with Gasteiger partial charge in [-0.15, -0.1) is 22.7 Å². The number of rotatable bonds is 3. The van der Waals surface area contributed by atoms with Crippen molar-refractivity contribution in [3.63, 3.8) is 0 Å². The first kappa shape index (κ1) is 10.1. The molecule has 0 unspecified atom stereocenters. The summed E-state index contributed by atoms with van der Waals surface area (Å²) in [6, 6.07) is 6.48. The molecule has 0 fully saturated rings. The number of allylic oxidation sites excluding steroid dienone is 1. The molecule has 0 N–H and O–H groups in total. The molecule has 0 nitrogen and oxygen atoms in total. The van der Waals surface area contributed by atoms with E-state index in [-0.39, 0.29) is 0 Å². The predicted octanol–water partition coefficient (Wildman–Crippen LogP) is 4.88. The second-order valence-electron chi connectivity index (χ2n) is 2.77. The molecule has 2 aromatic heterocycles. The summed E-state index contributed by atoms with van der Waals surface area (Å²) in [6.45, 7) is 0. The van der Waals surface area contributed by atoms with Crippen LogP contribution in [0.4, 0.5) is 0 Å². The summed E-state index contributed by atoms with van der Waals surface area (Å²) in [5.41, 5.74) is 1.33. The molecule has 2 heterocycles. The fourth-order valence-electron chi connectivity index (χ4n) is 1.17. The van der Waals surface area contributed by atoms with Gasteiger partial charge in [0.1, 0.15) is 0 Å². The average Bonchev–Trinajstić information content (AvgIpc) is 2.85. The van der Waals surface area contributed by atoms with Crippen LogP contribution in [0.3, 0.4) is 0 Å². The molecule has 0 spiro atoms. The second kappa shape index (κ2) is 4.91. The van der Waals surface area contributed by atoms with Crippen molar-refractivity contribution in [3.05, 3.63) is 39.9 Å². The molecule has 0 aliphatic heterocycles. The van der Waals surface area contributed by atoms with Gasteiger partial charge in [0.25, 0.3) is 0 Å². The van der Waals surface area contributed by atoms with Gasteiger partial charge in [-0.1, -0.05) is 28.1 Å². The van der Waals surface area contributed by atoms with Crippen LogP contribution in [0.15, 0.2) is 35.0 Å². The first-order valence-corrected chi connectivity index (χ1v) is 7.13. The van der Waals surface area contributed by atoms with Crippen molar-refractivity contribution in [3.8, 4) is 10.4 Å². The first-order chi connectivity index (χ1) is 6.90. The number of thiophene rings is 2. The van der Waals surface area contributed by atoms with E-state index in [1.54, 1.807) is 22.7 Å². The summed E-state index contributed by atoms with van der Waals surface area (Å²) >= 11 is 6.95. The maximum Gasteiger partial charge on any atom is 0.0351 e.